The van der Waals surface area contributed by atoms with E-state index >= 15 is 0 Å². The summed E-state index contributed by atoms with van der Waals surface area (Å²) >= 11 is 0. The van der Waals surface area contributed by atoms with E-state index < -0.39 is 11.6 Å². The first kappa shape index (κ1) is 40.7. The summed E-state index contributed by atoms with van der Waals surface area (Å²) < 4.78 is 44.3. The molecule has 0 aliphatic rings. The summed E-state index contributed by atoms with van der Waals surface area (Å²) in [5.74, 6) is -1.50. The van der Waals surface area contributed by atoms with Crippen LogP contribution >= 0.6 is 0 Å². The summed E-state index contributed by atoms with van der Waals surface area (Å²) in [4.78, 5) is 0. The van der Waals surface area contributed by atoms with Gasteiger partial charge in [-0.2, -0.15) is 0 Å². The van der Waals surface area contributed by atoms with Crippen molar-refractivity contribution in [3.05, 3.63) is 0 Å². The number of ether oxygens (including phenoxy) is 7. The van der Waals surface area contributed by atoms with Crippen LogP contribution in [-0.4, -0.2) is 63.8 Å². The fraction of sp³-hybridized carbons (Fsp3) is 1.00. The summed E-state index contributed by atoms with van der Waals surface area (Å²) in [5, 5.41) is 0. The normalized spacial score (nSPS) is 14.0. The minimum Gasteiger partial charge on any atom is -0.347 e. The van der Waals surface area contributed by atoms with Crippen molar-refractivity contribution >= 4 is 0 Å². The van der Waals surface area contributed by atoms with Gasteiger partial charge in [-0.25, -0.2) is 0 Å². The first-order chi connectivity index (χ1) is 20.0. The highest BCUT2D eigenvalue weighted by molar-refractivity contribution is 4.82. The van der Waals surface area contributed by atoms with Crippen molar-refractivity contribution in [3.8, 4) is 0 Å². The lowest BCUT2D eigenvalue weighted by molar-refractivity contribution is -0.323. The predicted octanol–water partition coefficient (Wildman–Crippen LogP) is 9.55. The van der Waals surface area contributed by atoms with E-state index in [2.05, 4.69) is 55.4 Å². The van der Waals surface area contributed by atoms with Gasteiger partial charge in [0.2, 0.25) is 0 Å². The van der Waals surface area contributed by atoms with E-state index in [4.69, 9.17) is 33.2 Å². The van der Waals surface area contributed by atoms with E-state index in [1.165, 1.54) is 38.5 Å². The van der Waals surface area contributed by atoms with Gasteiger partial charge in [-0.15, -0.1) is 0 Å². The zero-order valence-electron chi connectivity index (χ0n) is 28.6. The quantitative estimate of drug-likeness (QED) is 0.0571. The Morgan fingerprint density at radius 3 is 1.02 bits per heavy atom. The van der Waals surface area contributed by atoms with Crippen LogP contribution in [0.3, 0.4) is 0 Å². The van der Waals surface area contributed by atoms with Crippen LogP contribution in [0.2, 0.25) is 0 Å². The molecule has 0 saturated carbocycles. The second-order valence-corrected chi connectivity index (χ2v) is 11.2. The molecule has 0 fully saturated rings. The van der Waals surface area contributed by atoms with Crippen molar-refractivity contribution in [2.75, 3.05) is 40.0 Å². The lowest BCUT2D eigenvalue weighted by Gasteiger charge is -2.40. The summed E-state index contributed by atoms with van der Waals surface area (Å²) in [6.07, 6.45) is 15.8. The number of hydrogen-bond acceptors (Lipinski definition) is 7. The van der Waals surface area contributed by atoms with E-state index in [1.807, 2.05) is 0 Å². The Bertz CT molecular complexity index is 483. The van der Waals surface area contributed by atoms with Gasteiger partial charge in [-0.05, 0) is 51.4 Å². The van der Waals surface area contributed by atoms with Crippen molar-refractivity contribution < 1.29 is 33.2 Å². The summed E-state index contributed by atoms with van der Waals surface area (Å²) in [7, 11) is 0. The van der Waals surface area contributed by atoms with Crippen LogP contribution in [-0.2, 0) is 33.2 Å². The van der Waals surface area contributed by atoms with Crippen LogP contribution in [0.4, 0.5) is 0 Å². The van der Waals surface area contributed by atoms with Crippen LogP contribution in [0.5, 0.6) is 0 Å². The molecule has 248 valence electrons. The largest absolute Gasteiger partial charge is 0.347 e. The molecule has 0 aromatic rings. The highest BCUT2D eigenvalue weighted by Crippen LogP contribution is 2.32. The van der Waals surface area contributed by atoms with Crippen molar-refractivity contribution in [3.63, 3.8) is 0 Å². The summed E-state index contributed by atoms with van der Waals surface area (Å²) in [6.45, 7) is 20.1. The fourth-order valence-electron chi connectivity index (χ4n) is 5.17. The Morgan fingerprint density at radius 2 is 0.756 bits per heavy atom. The molecule has 7 nitrogen and oxygen atoms in total. The molecule has 0 radical (unpaired) electrons. The van der Waals surface area contributed by atoms with Crippen molar-refractivity contribution in [1.29, 1.82) is 0 Å². The molecule has 0 rings (SSSR count). The number of unbranched alkanes of at least 4 members (excludes halogenated alkanes) is 6. The second kappa shape index (κ2) is 27.3. The van der Waals surface area contributed by atoms with Gasteiger partial charge in [0.15, 0.2) is 11.6 Å². The highest BCUT2D eigenvalue weighted by Gasteiger charge is 2.42. The Labute approximate surface area is 255 Å². The minimum absolute atomic E-state index is 0.117. The van der Waals surface area contributed by atoms with Crippen LogP contribution in [0.25, 0.3) is 0 Å². The zero-order chi connectivity index (χ0) is 30.7. The molecule has 0 aliphatic carbocycles. The molecule has 0 spiro atoms. The van der Waals surface area contributed by atoms with Crippen LogP contribution in [0.15, 0.2) is 0 Å². The Kier molecular flexibility index (Phi) is 27.1. The third kappa shape index (κ3) is 17.0. The maximum absolute atomic E-state index is 6.43. The minimum atomic E-state index is -0.750. The molecule has 0 aliphatic heterocycles. The monoisotopic (exact) mass is 591 g/mol. The smallest absolute Gasteiger partial charge is 0.194 e. The summed E-state index contributed by atoms with van der Waals surface area (Å²) in [6, 6.07) is 0. The predicted molar refractivity (Wildman–Crippen MR) is 169 cm³/mol. The standard InChI is InChI=1S/C34H70O7/c1-9-17-19-21-23-33(38-25-11-3,39-26-12-4)31(15-7)36-29-35-30-37-32(16-8)34(40-27-13-5,41-28-14-6)24-22-20-18-10-2/h31-32H,9-30H2,1-8H3. The molecular weight excluding hydrogens is 520 g/mol. The second-order valence-electron chi connectivity index (χ2n) is 11.2. The van der Waals surface area contributed by atoms with Gasteiger partial charge in [0.25, 0.3) is 0 Å². The Hall–Kier alpha value is -0.280. The average molecular weight is 591 g/mol. The van der Waals surface area contributed by atoms with Crippen molar-refractivity contribution in [2.45, 2.75) is 182 Å². The SMILES string of the molecule is CCCCCCC(OCCC)(OCCC)C(CC)OCOCOC(CC)C(CCCCCC)(OCCC)OCCC. The maximum Gasteiger partial charge on any atom is 0.194 e. The van der Waals surface area contributed by atoms with Crippen molar-refractivity contribution in [2.24, 2.45) is 0 Å². The molecular formula is C34H70O7. The van der Waals surface area contributed by atoms with Gasteiger partial charge in [0.1, 0.15) is 25.8 Å². The van der Waals surface area contributed by atoms with E-state index in [9.17, 15) is 0 Å². The average Bonchev–Trinajstić information content (AvgIpc) is 2.99. The molecule has 41 heavy (non-hydrogen) atoms. The fourth-order valence-corrected chi connectivity index (χ4v) is 5.17. The van der Waals surface area contributed by atoms with Gasteiger partial charge in [-0.1, -0.05) is 93.9 Å². The number of hydrogen-bond donors (Lipinski definition) is 0. The highest BCUT2D eigenvalue weighted by atomic mass is 16.8. The Morgan fingerprint density at radius 1 is 0.415 bits per heavy atom. The topological polar surface area (TPSA) is 64.6 Å². The van der Waals surface area contributed by atoms with E-state index in [-0.39, 0.29) is 25.8 Å². The Balaban J connectivity index is 5.37. The molecule has 0 amide bonds. The molecule has 2 atom stereocenters. The van der Waals surface area contributed by atoms with Gasteiger partial charge >= 0.3 is 0 Å². The molecule has 0 aromatic heterocycles. The van der Waals surface area contributed by atoms with E-state index in [0.717, 1.165) is 64.2 Å². The molecule has 7 heteroatoms. The van der Waals surface area contributed by atoms with Crippen LogP contribution < -0.4 is 0 Å². The van der Waals surface area contributed by atoms with E-state index in [1.54, 1.807) is 0 Å². The number of rotatable bonds is 32. The summed E-state index contributed by atoms with van der Waals surface area (Å²) in [5.41, 5.74) is 0. The maximum atomic E-state index is 6.43. The third-order valence-corrected chi connectivity index (χ3v) is 7.39. The molecule has 2 unspecified atom stereocenters. The molecule has 0 N–H and O–H groups in total. The molecule has 0 heterocycles. The van der Waals surface area contributed by atoms with Gasteiger partial charge in [-0.3, -0.25) is 0 Å². The lowest BCUT2D eigenvalue weighted by Crippen LogP contribution is -2.50. The lowest BCUT2D eigenvalue weighted by atomic mass is 9.98. The van der Waals surface area contributed by atoms with Crippen LogP contribution in [0, 0.1) is 0 Å². The molecule has 0 aromatic carbocycles. The molecule has 0 bridgehead atoms. The van der Waals surface area contributed by atoms with Crippen molar-refractivity contribution in [1.82, 2.24) is 0 Å². The van der Waals surface area contributed by atoms with E-state index in [0.29, 0.717) is 26.4 Å². The molecule has 0 saturated heterocycles. The third-order valence-electron chi connectivity index (χ3n) is 7.39. The first-order valence-corrected chi connectivity index (χ1v) is 17.4. The van der Waals surface area contributed by atoms with Crippen LogP contribution in [0.1, 0.15) is 158 Å². The zero-order valence-corrected chi connectivity index (χ0v) is 28.6. The van der Waals surface area contributed by atoms with Gasteiger partial charge in [0.05, 0.1) is 0 Å². The van der Waals surface area contributed by atoms with Gasteiger partial charge in [0, 0.05) is 39.3 Å². The van der Waals surface area contributed by atoms with Gasteiger partial charge < -0.3 is 33.2 Å². The first-order valence-electron chi connectivity index (χ1n) is 17.4.